The number of aromatic hydroxyl groups is 1. The van der Waals surface area contributed by atoms with Gasteiger partial charge in [0.2, 0.25) is 0 Å². The summed E-state index contributed by atoms with van der Waals surface area (Å²) in [4.78, 5) is 11.8. The van der Waals surface area contributed by atoms with Crippen LogP contribution in [0.25, 0.3) is 0 Å². The number of rotatable bonds is 6. The minimum absolute atomic E-state index is 0.0189. The molecule has 1 fully saturated rings. The number of benzene rings is 1. The number of phenolic OH excluding ortho intramolecular Hbond substituents is 1. The highest BCUT2D eigenvalue weighted by Crippen LogP contribution is 2.28. The van der Waals surface area contributed by atoms with Gasteiger partial charge >= 0.3 is 0 Å². The number of carbonyl (C=O) groups excluding carboxylic acids is 1. The SMILES string of the molecule is O=C(NCCOCC1CC1)c1cc(Br)ccc1O. The zero-order valence-corrected chi connectivity index (χ0v) is 11.6. The Kier molecular flexibility index (Phi) is 4.60. The Hall–Kier alpha value is -1.07. The molecule has 2 rings (SSSR count). The highest BCUT2D eigenvalue weighted by atomic mass is 79.9. The van der Waals surface area contributed by atoms with E-state index >= 15 is 0 Å². The summed E-state index contributed by atoms with van der Waals surface area (Å²) in [6.07, 6.45) is 2.52. The van der Waals surface area contributed by atoms with Crippen molar-refractivity contribution in [3.8, 4) is 5.75 Å². The maximum atomic E-state index is 11.8. The van der Waals surface area contributed by atoms with Gasteiger partial charge in [0.05, 0.1) is 12.2 Å². The molecule has 0 aliphatic heterocycles. The van der Waals surface area contributed by atoms with E-state index in [2.05, 4.69) is 21.2 Å². The molecule has 0 heterocycles. The molecule has 4 nitrogen and oxygen atoms in total. The van der Waals surface area contributed by atoms with Crippen LogP contribution >= 0.6 is 15.9 Å². The van der Waals surface area contributed by atoms with Crippen LogP contribution in [-0.4, -0.2) is 30.8 Å². The smallest absolute Gasteiger partial charge is 0.255 e. The fourth-order valence-electron chi connectivity index (χ4n) is 1.56. The molecule has 0 aromatic heterocycles. The van der Waals surface area contributed by atoms with Crippen molar-refractivity contribution in [2.24, 2.45) is 5.92 Å². The van der Waals surface area contributed by atoms with Crippen molar-refractivity contribution in [1.82, 2.24) is 5.32 Å². The number of nitrogens with one attached hydrogen (secondary N) is 1. The van der Waals surface area contributed by atoms with Gasteiger partial charge in [-0.05, 0) is 37.0 Å². The largest absolute Gasteiger partial charge is 0.507 e. The molecule has 0 unspecified atom stereocenters. The Morgan fingerprint density at radius 1 is 1.50 bits per heavy atom. The highest BCUT2D eigenvalue weighted by Gasteiger charge is 2.20. The minimum atomic E-state index is -0.288. The van der Waals surface area contributed by atoms with Gasteiger partial charge in [0, 0.05) is 17.6 Å². The number of hydrogen-bond donors (Lipinski definition) is 2. The molecule has 1 amide bonds. The van der Waals surface area contributed by atoms with E-state index < -0.39 is 0 Å². The van der Waals surface area contributed by atoms with Crippen LogP contribution in [0.4, 0.5) is 0 Å². The molecule has 0 atom stereocenters. The predicted octanol–water partition coefficient (Wildman–Crippen LogP) is 2.31. The summed E-state index contributed by atoms with van der Waals surface area (Å²) in [5, 5.41) is 12.3. The predicted molar refractivity (Wildman–Crippen MR) is 71.7 cm³/mol. The zero-order valence-electron chi connectivity index (χ0n) is 9.99. The molecule has 5 heteroatoms. The van der Waals surface area contributed by atoms with E-state index in [0.717, 1.165) is 17.0 Å². The molecule has 1 aromatic carbocycles. The molecule has 0 saturated heterocycles. The summed E-state index contributed by atoms with van der Waals surface area (Å²) < 4.78 is 6.17. The molecular weight excluding hydrogens is 298 g/mol. The Morgan fingerprint density at radius 2 is 2.28 bits per heavy atom. The van der Waals surface area contributed by atoms with Gasteiger partial charge in [0.1, 0.15) is 5.75 Å². The molecule has 18 heavy (non-hydrogen) atoms. The van der Waals surface area contributed by atoms with E-state index in [1.165, 1.54) is 18.9 Å². The molecule has 0 spiro atoms. The second kappa shape index (κ2) is 6.20. The van der Waals surface area contributed by atoms with Gasteiger partial charge in [-0.25, -0.2) is 0 Å². The van der Waals surface area contributed by atoms with Crippen molar-refractivity contribution in [3.05, 3.63) is 28.2 Å². The first kappa shape index (κ1) is 13.4. The summed E-state index contributed by atoms with van der Waals surface area (Å²) in [7, 11) is 0. The monoisotopic (exact) mass is 313 g/mol. The average Bonchev–Trinajstić information content (AvgIpc) is 3.15. The fourth-order valence-corrected chi connectivity index (χ4v) is 1.92. The van der Waals surface area contributed by atoms with Gasteiger partial charge in [0.15, 0.2) is 0 Å². The number of halogens is 1. The van der Waals surface area contributed by atoms with Crippen molar-refractivity contribution in [2.45, 2.75) is 12.8 Å². The lowest BCUT2D eigenvalue weighted by Gasteiger charge is -2.07. The van der Waals surface area contributed by atoms with Crippen molar-refractivity contribution in [3.63, 3.8) is 0 Å². The van der Waals surface area contributed by atoms with Gasteiger partial charge in [-0.2, -0.15) is 0 Å². The first-order chi connectivity index (χ1) is 8.66. The van der Waals surface area contributed by atoms with E-state index in [-0.39, 0.29) is 17.2 Å². The van der Waals surface area contributed by atoms with Crippen LogP contribution in [-0.2, 0) is 4.74 Å². The number of phenols is 1. The van der Waals surface area contributed by atoms with E-state index in [0.29, 0.717) is 13.2 Å². The maximum Gasteiger partial charge on any atom is 0.255 e. The van der Waals surface area contributed by atoms with Gasteiger partial charge < -0.3 is 15.2 Å². The Balaban J connectivity index is 1.74. The number of hydrogen-bond acceptors (Lipinski definition) is 3. The quantitative estimate of drug-likeness (QED) is 0.792. The van der Waals surface area contributed by atoms with Crippen molar-refractivity contribution < 1.29 is 14.6 Å². The van der Waals surface area contributed by atoms with Crippen LogP contribution in [0.15, 0.2) is 22.7 Å². The third kappa shape index (κ3) is 3.99. The van der Waals surface area contributed by atoms with Gasteiger partial charge in [-0.1, -0.05) is 15.9 Å². The molecule has 0 bridgehead atoms. The van der Waals surface area contributed by atoms with Crippen LogP contribution in [0, 0.1) is 5.92 Å². The van der Waals surface area contributed by atoms with Crippen LogP contribution in [0.3, 0.4) is 0 Å². The van der Waals surface area contributed by atoms with Gasteiger partial charge in [-0.3, -0.25) is 4.79 Å². The maximum absolute atomic E-state index is 11.8. The van der Waals surface area contributed by atoms with Crippen LogP contribution < -0.4 is 5.32 Å². The van der Waals surface area contributed by atoms with E-state index in [4.69, 9.17) is 4.74 Å². The molecular formula is C13H16BrNO3. The van der Waals surface area contributed by atoms with E-state index in [9.17, 15) is 9.90 Å². The average molecular weight is 314 g/mol. The third-order valence-corrected chi connectivity index (χ3v) is 3.28. The highest BCUT2D eigenvalue weighted by molar-refractivity contribution is 9.10. The van der Waals surface area contributed by atoms with Crippen LogP contribution in [0.1, 0.15) is 23.2 Å². The first-order valence-corrected chi connectivity index (χ1v) is 6.80. The fraction of sp³-hybridized carbons (Fsp3) is 0.462. The van der Waals surface area contributed by atoms with Crippen LogP contribution in [0.2, 0.25) is 0 Å². The number of ether oxygens (including phenoxy) is 1. The lowest BCUT2D eigenvalue weighted by molar-refractivity contribution is 0.0904. The molecule has 1 aliphatic rings. The molecule has 1 saturated carbocycles. The Morgan fingerprint density at radius 3 is 3.00 bits per heavy atom. The molecule has 0 radical (unpaired) electrons. The summed E-state index contributed by atoms with van der Waals surface area (Å²) in [6.45, 7) is 1.76. The van der Waals surface area contributed by atoms with Crippen molar-refractivity contribution in [1.29, 1.82) is 0 Å². The van der Waals surface area contributed by atoms with Gasteiger partial charge in [-0.15, -0.1) is 0 Å². The Bertz CT molecular complexity index is 432. The van der Waals surface area contributed by atoms with Crippen molar-refractivity contribution >= 4 is 21.8 Å². The van der Waals surface area contributed by atoms with Gasteiger partial charge in [0.25, 0.3) is 5.91 Å². The lowest BCUT2D eigenvalue weighted by atomic mass is 10.2. The molecule has 1 aromatic rings. The number of amides is 1. The lowest BCUT2D eigenvalue weighted by Crippen LogP contribution is -2.27. The number of carbonyl (C=O) groups is 1. The summed E-state index contributed by atoms with van der Waals surface area (Å²) in [6, 6.07) is 4.77. The minimum Gasteiger partial charge on any atom is -0.507 e. The zero-order chi connectivity index (χ0) is 13.0. The van der Waals surface area contributed by atoms with Crippen molar-refractivity contribution in [2.75, 3.05) is 19.8 Å². The second-order valence-electron chi connectivity index (χ2n) is 4.44. The normalized spacial score (nSPS) is 14.5. The molecule has 98 valence electrons. The molecule has 1 aliphatic carbocycles. The second-order valence-corrected chi connectivity index (χ2v) is 5.35. The topological polar surface area (TPSA) is 58.6 Å². The third-order valence-electron chi connectivity index (χ3n) is 2.79. The molecule has 2 N–H and O–H groups in total. The van der Waals surface area contributed by atoms with E-state index in [1.807, 2.05) is 0 Å². The summed E-state index contributed by atoms with van der Waals surface area (Å²) >= 11 is 3.26. The summed E-state index contributed by atoms with van der Waals surface area (Å²) in [5.74, 6) is 0.424. The standard InChI is InChI=1S/C13H16BrNO3/c14-10-3-4-12(16)11(7-10)13(17)15-5-6-18-8-9-1-2-9/h3-4,7,9,16H,1-2,5-6,8H2,(H,15,17). The Labute approximate surface area is 114 Å². The summed E-state index contributed by atoms with van der Waals surface area (Å²) in [5.41, 5.74) is 0.270. The first-order valence-electron chi connectivity index (χ1n) is 6.01. The van der Waals surface area contributed by atoms with E-state index in [1.54, 1.807) is 12.1 Å². The van der Waals surface area contributed by atoms with Crippen LogP contribution in [0.5, 0.6) is 5.75 Å².